The lowest BCUT2D eigenvalue weighted by Gasteiger charge is -2.37. The molecule has 0 radical (unpaired) electrons. The Morgan fingerprint density at radius 2 is 1.84 bits per heavy atom. The standard InChI is InChI=1S/C19H24IN3O2/c1-13-11-17(15-6-5-14(20)12-16(15)21-13)22-7-9-23(10-8-22)18(24)25-19(2,3)4/h5-6,11-12H,7-10H2,1-4H3. The Morgan fingerprint density at radius 3 is 2.48 bits per heavy atom. The number of fused-ring (bicyclic) bond motifs is 1. The molecule has 0 aliphatic carbocycles. The van der Waals surface area contributed by atoms with Gasteiger partial charge in [-0.25, -0.2) is 4.79 Å². The summed E-state index contributed by atoms with van der Waals surface area (Å²) in [6.45, 7) is 10.6. The number of ether oxygens (including phenoxy) is 1. The number of aryl methyl sites for hydroxylation is 1. The van der Waals surface area contributed by atoms with Crippen molar-refractivity contribution in [3.8, 4) is 0 Å². The highest BCUT2D eigenvalue weighted by atomic mass is 127. The number of anilines is 1. The van der Waals surface area contributed by atoms with E-state index in [9.17, 15) is 4.79 Å². The van der Waals surface area contributed by atoms with Crippen LogP contribution in [0.2, 0.25) is 0 Å². The first-order valence-electron chi connectivity index (χ1n) is 8.53. The van der Waals surface area contributed by atoms with Crippen molar-refractivity contribution in [3.05, 3.63) is 33.5 Å². The number of piperazine rings is 1. The molecule has 0 N–H and O–H groups in total. The van der Waals surface area contributed by atoms with E-state index in [1.807, 2.05) is 27.7 Å². The molecule has 2 heterocycles. The van der Waals surface area contributed by atoms with E-state index < -0.39 is 5.60 Å². The fourth-order valence-corrected chi connectivity index (χ4v) is 3.50. The molecule has 1 amide bonds. The maximum absolute atomic E-state index is 12.2. The molecule has 1 aliphatic heterocycles. The van der Waals surface area contributed by atoms with Crippen molar-refractivity contribution < 1.29 is 9.53 Å². The highest BCUT2D eigenvalue weighted by Crippen LogP contribution is 2.29. The van der Waals surface area contributed by atoms with Crippen LogP contribution in [0.15, 0.2) is 24.3 Å². The lowest BCUT2D eigenvalue weighted by atomic mass is 10.1. The first kappa shape index (κ1) is 18.2. The van der Waals surface area contributed by atoms with E-state index in [0.29, 0.717) is 13.1 Å². The third-order valence-electron chi connectivity index (χ3n) is 4.15. The molecule has 3 rings (SSSR count). The van der Waals surface area contributed by atoms with Gasteiger partial charge in [-0.1, -0.05) is 0 Å². The van der Waals surface area contributed by atoms with E-state index in [0.717, 1.165) is 29.7 Å². The van der Waals surface area contributed by atoms with E-state index in [4.69, 9.17) is 4.74 Å². The van der Waals surface area contributed by atoms with E-state index in [2.05, 4.69) is 56.7 Å². The second-order valence-electron chi connectivity index (χ2n) is 7.40. The number of aromatic nitrogens is 1. The first-order valence-corrected chi connectivity index (χ1v) is 9.60. The van der Waals surface area contributed by atoms with Crippen LogP contribution < -0.4 is 4.90 Å². The Bertz CT molecular complexity index is 788. The zero-order valence-electron chi connectivity index (χ0n) is 15.2. The number of rotatable bonds is 1. The normalized spacial score (nSPS) is 15.6. The molecule has 5 nitrogen and oxygen atoms in total. The van der Waals surface area contributed by atoms with Crippen LogP contribution in [0.1, 0.15) is 26.5 Å². The van der Waals surface area contributed by atoms with Gasteiger partial charge in [0.15, 0.2) is 0 Å². The summed E-state index contributed by atoms with van der Waals surface area (Å²) in [4.78, 5) is 21.0. The minimum atomic E-state index is -0.455. The van der Waals surface area contributed by atoms with Crippen molar-refractivity contribution in [2.45, 2.75) is 33.3 Å². The summed E-state index contributed by atoms with van der Waals surface area (Å²) in [5.41, 5.74) is 2.78. The lowest BCUT2D eigenvalue weighted by Crippen LogP contribution is -2.50. The van der Waals surface area contributed by atoms with Gasteiger partial charge in [0.05, 0.1) is 5.52 Å². The molecular formula is C19H24IN3O2. The molecule has 0 saturated carbocycles. The summed E-state index contributed by atoms with van der Waals surface area (Å²) in [7, 11) is 0. The van der Waals surface area contributed by atoms with Gasteiger partial charge < -0.3 is 14.5 Å². The number of carbonyl (C=O) groups is 1. The molecule has 0 atom stereocenters. The minimum Gasteiger partial charge on any atom is -0.444 e. The Hall–Kier alpha value is -1.57. The zero-order chi connectivity index (χ0) is 18.2. The zero-order valence-corrected chi connectivity index (χ0v) is 17.3. The average molecular weight is 453 g/mol. The van der Waals surface area contributed by atoms with E-state index in [1.165, 1.54) is 9.26 Å². The number of benzene rings is 1. The van der Waals surface area contributed by atoms with Gasteiger partial charge in [0.1, 0.15) is 5.60 Å². The highest BCUT2D eigenvalue weighted by molar-refractivity contribution is 14.1. The Balaban J connectivity index is 1.77. The maximum atomic E-state index is 12.2. The van der Waals surface area contributed by atoms with Crippen LogP contribution in [0.3, 0.4) is 0 Å². The molecule has 1 aromatic carbocycles. The first-order chi connectivity index (χ1) is 11.7. The van der Waals surface area contributed by atoms with Crippen LogP contribution in [0.25, 0.3) is 10.9 Å². The molecule has 134 valence electrons. The Kier molecular flexibility index (Phi) is 5.09. The molecule has 0 bridgehead atoms. The van der Waals surface area contributed by atoms with Crippen molar-refractivity contribution >= 4 is 45.3 Å². The number of halogens is 1. The Morgan fingerprint density at radius 1 is 1.16 bits per heavy atom. The predicted molar refractivity (Wildman–Crippen MR) is 109 cm³/mol. The summed E-state index contributed by atoms with van der Waals surface area (Å²) >= 11 is 2.31. The van der Waals surface area contributed by atoms with Gasteiger partial charge >= 0.3 is 6.09 Å². The SMILES string of the molecule is Cc1cc(N2CCN(C(=O)OC(C)(C)C)CC2)c2ccc(I)cc2n1. The third kappa shape index (κ3) is 4.34. The molecule has 25 heavy (non-hydrogen) atoms. The molecule has 2 aromatic rings. The van der Waals surface area contributed by atoms with Gasteiger partial charge in [-0.2, -0.15) is 0 Å². The quantitative estimate of drug-likeness (QED) is 0.608. The van der Waals surface area contributed by atoms with Gasteiger partial charge in [0.2, 0.25) is 0 Å². The fourth-order valence-electron chi connectivity index (χ4n) is 3.03. The molecule has 6 heteroatoms. The van der Waals surface area contributed by atoms with Gasteiger partial charge in [-0.15, -0.1) is 0 Å². The molecular weight excluding hydrogens is 429 g/mol. The summed E-state index contributed by atoms with van der Waals surface area (Å²) in [5, 5.41) is 1.16. The van der Waals surface area contributed by atoms with Gasteiger partial charge in [-0.3, -0.25) is 4.98 Å². The van der Waals surface area contributed by atoms with Crippen molar-refractivity contribution in [2.24, 2.45) is 0 Å². The molecule has 0 spiro atoms. The van der Waals surface area contributed by atoms with E-state index in [1.54, 1.807) is 4.90 Å². The predicted octanol–water partition coefficient (Wildman–Crippen LogP) is 4.20. The summed E-state index contributed by atoms with van der Waals surface area (Å²) in [5.74, 6) is 0. The van der Waals surface area contributed by atoms with Gasteiger partial charge in [0, 0.05) is 46.5 Å². The third-order valence-corrected chi connectivity index (χ3v) is 4.82. The topological polar surface area (TPSA) is 45.7 Å². The summed E-state index contributed by atoms with van der Waals surface area (Å²) < 4.78 is 6.66. The summed E-state index contributed by atoms with van der Waals surface area (Å²) in [6.07, 6.45) is -0.225. The van der Waals surface area contributed by atoms with Crippen LogP contribution in [-0.2, 0) is 4.74 Å². The number of hydrogen-bond donors (Lipinski definition) is 0. The van der Waals surface area contributed by atoms with Crippen LogP contribution in [0.4, 0.5) is 10.5 Å². The number of nitrogens with zero attached hydrogens (tertiary/aromatic N) is 3. The molecule has 1 saturated heterocycles. The Labute approximate surface area is 162 Å². The molecule has 1 aromatic heterocycles. The number of hydrogen-bond acceptors (Lipinski definition) is 4. The smallest absolute Gasteiger partial charge is 0.410 e. The van der Waals surface area contributed by atoms with Crippen molar-refractivity contribution in [2.75, 3.05) is 31.1 Å². The highest BCUT2D eigenvalue weighted by Gasteiger charge is 2.26. The average Bonchev–Trinajstić information content (AvgIpc) is 2.52. The van der Waals surface area contributed by atoms with E-state index >= 15 is 0 Å². The van der Waals surface area contributed by atoms with Gasteiger partial charge in [0.25, 0.3) is 0 Å². The van der Waals surface area contributed by atoms with Gasteiger partial charge in [-0.05, 0) is 74.6 Å². The fraction of sp³-hybridized carbons (Fsp3) is 0.474. The largest absolute Gasteiger partial charge is 0.444 e. The van der Waals surface area contributed by atoms with E-state index in [-0.39, 0.29) is 6.09 Å². The monoisotopic (exact) mass is 453 g/mol. The van der Waals surface area contributed by atoms with Crippen LogP contribution in [0, 0.1) is 10.5 Å². The van der Waals surface area contributed by atoms with Crippen LogP contribution in [0.5, 0.6) is 0 Å². The second kappa shape index (κ2) is 6.97. The molecule has 1 aliphatic rings. The number of carbonyl (C=O) groups excluding carboxylic acids is 1. The van der Waals surface area contributed by atoms with Crippen molar-refractivity contribution in [3.63, 3.8) is 0 Å². The van der Waals surface area contributed by atoms with Crippen molar-refractivity contribution in [1.29, 1.82) is 0 Å². The number of pyridine rings is 1. The minimum absolute atomic E-state index is 0.225. The lowest BCUT2D eigenvalue weighted by molar-refractivity contribution is 0.0240. The van der Waals surface area contributed by atoms with Crippen LogP contribution in [-0.4, -0.2) is 47.8 Å². The number of amides is 1. The molecule has 0 unspecified atom stereocenters. The molecule has 1 fully saturated rings. The summed E-state index contributed by atoms with van der Waals surface area (Å²) in [6, 6.07) is 8.50. The van der Waals surface area contributed by atoms with Crippen molar-refractivity contribution in [1.82, 2.24) is 9.88 Å². The second-order valence-corrected chi connectivity index (χ2v) is 8.64. The maximum Gasteiger partial charge on any atom is 0.410 e. The van der Waals surface area contributed by atoms with Crippen LogP contribution >= 0.6 is 22.6 Å².